The molecule has 0 heterocycles. The number of aryl methyl sites for hydroxylation is 4. The lowest BCUT2D eigenvalue weighted by molar-refractivity contribution is 0.926. The first kappa shape index (κ1) is 37.5. The molecule has 0 amide bonds. The number of fused-ring (bicyclic) bond motifs is 2. The van der Waals surface area contributed by atoms with Crippen LogP contribution in [-0.2, 0) is 12.8 Å². The van der Waals surface area contributed by atoms with E-state index in [4.69, 9.17) is 0 Å². The summed E-state index contributed by atoms with van der Waals surface area (Å²) in [5.74, 6) is 0. The molecule has 0 spiro atoms. The average molecular weight is 737 g/mol. The molecule has 0 saturated heterocycles. The van der Waals surface area contributed by atoms with Gasteiger partial charge in [0.25, 0.3) is 0 Å². The SMILES string of the molecule is CCCc1ccccc1P(c1ccccc1CCC)c1cccc2ccccc12.Cc1ccccc1P(c1ccccc1C)c1cccc2ccccc12. The van der Waals surface area contributed by atoms with E-state index in [1.807, 2.05) is 0 Å². The lowest BCUT2D eigenvalue weighted by Crippen LogP contribution is -2.26. The molecule has 0 nitrogen and oxygen atoms in total. The van der Waals surface area contributed by atoms with Gasteiger partial charge in [0, 0.05) is 0 Å². The Morgan fingerprint density at radius 3 is 1.06 bits per heavy atom. The Morgan fingerprint density at radius 2 is 0.630 bits per heavy atom. The van der Waals surface area contributed by atoms with Crippen molar-refractivity contribution in [2.45, 2.75) is 53.4 Å². The second-order valence-electron chi connectivity index (χ2n) is 14.0. The monoisotopic (exact) mass is 736 g/mol. The first-order valence-electron chi connectivity index (χ1n) is 19.4. The molecule has 8 aromatic rings. The summed E-state index contributed by atoms with van der Waals surface area (Å²) in [6, 6.07) is 67.1. The Balaban J connectivity index is 0.000000168. The maximum absolute atomic E-state index is 2.38. The topological polar surface area (TPSA) is 0 Å². The van der Waals surface area contributed by atoms with E-state index in [0.29, 0.717) is 0 Å². The van der Waals surface area contributed by atoms with Crippen LogP contribution in [-0.4, -0.2) is 0 Å². The van der Waals surface area contributed by atoms with Gasteiger partial charge >= 0.3 is 0 Å². The number of rotatable bonds is 10. The van der Waals surface area contributed by atoms with Crippen LogP contribution in [0, 0.1) is 13.8 Å². The van der Waals surface area contributed by atoms with Crippen LogP contribution in [0.25, 0.3) is 21.5 Å². The molecule has 0 atom stereocenters. The van der Waals surface area contributed by atoms with E-state index in [9.17, 15) is 0 Å². The van der Waals surface area contributed by atoms with Gasteiger partial charge in [0.1, 0.15) is 0 Å². The van der Waals surface area contributed by atoms with Gasteiger partial charge in [-0.1, -0.05) is 209 Å². The second-order valence-corrected chi connectivity index (χ2v) is 18.2. The molecular weight excluding hydrogens is 687 g/mol. The maximum Gasteiger partial charge on any atom is -0.00724 e. The van der Waals surface area contributed by atoms with Gasteiger partial charge in [-0.2, -0.15) is 0 Å². The van der Waals surface area contributed by atoms with Gasteiger partial charge in [-0.15, -0.1) is 0 Å². The number of hydrogen-bond donors (Lipinski definition) is 0. The fraction of sp³-hybridized carbons (Fsp3) is 0.154. The van der Waals surface area contributed by atoms with Gasteiger partial charge < -0.3 is 0 Å². The summed E-state index contributed by atoms with van der Waals surface area (Å²) in [6.07, 6.45) is 4.62. The van der Waals surface area contributed by atoms with E-state index in [2.05, 4.69) is 210 Å². The zero-order chi connectivity index (χ0) is 37.3. The third kappa shape index (κ3) is 8.12. The van der Waals surface area contributed by atoms with Gasteiger partial charge in [0.15, 0.2) is 0 Å². The smallest absolute Gasteiger partial charge is 0.00724 e. The first-order chi connectivity index (χ1) is 26.6. The molecule has 0 aromatic heterocycles. The van der Waals surface area contributed by atoms with Gasteiger partial charge in [-0.3, -0.25) is 0 Å². The van der Waals surface area contributed by atoms with E-state index in [1.54, 1.807) is 0 Å². The van der Waals surface area contributed by atoms with Crippen molar-refractivity contribution < 1.29 is 0 Å². The molecular formula is C52H50P2. The largest absolute Gasteiger partial charge is 0.0651 e. The lowest BCUT2D eigenvalue weighted by atomic mass is 10.1. The van der Waals surface area contributed by atoms with Crippen molar-refractivity contribution in [1.29, 1.82) is 0 Å². The Morgan fingerprint density at radius 1 is 0.315 bits per heavy atom. The van der Waals surface area contributed by atoms with Crippen LogP contribution in [0.2, 0.25) is 0 Å². The van der Waals surface area contributed by atoms with Crippen LogP contribution in [0.1, 0.15) is 48.9 Å². The Hall–Kier alpha value is -4.86. The van der Waals surface area contributed by atoms with Gasteiger partial charge in [-0.05, 0) is 118 Å². The molecule has 8 aromatic carbocycles. The van der Waals surface area contributed by atoms with Crippen molar-refractivity contribution >= 4 is 69.2 Å². The summed E-state index contributed by atoms with van der Waals surface area (Å²) in [5.41, 5.74) is 5.73. The van der Waals surface area contributed by atoms with Crippen LogP contribution in [0.3, 0.4) is 0 Å². The lowest BCUT2D eigenvalue weighted by Gasteiger charge is -2.26. The molecule has 8 rings (SSSR count). The first-order valence-corrected chi connectivity index (χ1v) is 22.1. The molecule has 0 aliphatic heterocycles. The van der Waals surface area contributed by atoms with Crippen molar-refractivity contribution in [2.75, 3.05) is 0 Å². The van der Waals surface area contributed by atoms with Crippen molar-refractivity contribution in [2.24, 2.45) is 0 Å². The van der Waals surface area contributed by atoms with Gasteiger partial charge in [0.05, 0.1) is 0 Å². The quantitative estimate of drug-likeness (QED) is 0.123. The third-order valence-corrected chi connectivity index (χ3v) is 15.8. The Bertz CT molecular complexity index is 2370. The molecule has 0 unspecified atom stereocenters. The molecule has 268 valence electrons. The summed E-state index contributed by atoms with van der Waals surface area (Å²) in [7, 11) is -1.20. The summed E-state index contributed by atoms with van der Waals surface area (Å²) < 4.78 is 0. The molecule has 0 radical (unpaired) electrons. The van der Waals surface area contributed by atoms with E-state index in [1.165, 1.54) is 88.5 Å². The average Bonchev–Trinajstić information content (AvgIpc) is 3.21. The zero-order valence-corrected chi connectivity index (χ0v) is 33.8. The minimum Gasteiger partial charge on any atom is -0.0651 e. The highest BCUT2D eigenvalue weighted by Crippen LogP contribution is 2.39. The predicted molar refractivity (Wildman–Crippen MR) is 243 cm³/mol. The minimum atomic E-state index is -0.610. The Labute approximate surface area is 325 Å². The van der Waals surface area contributed by atoms with E-state index < -0.39 is 15.8 Å². The van der Waals surface area contributed by atoms with E-state index in [-0.39, 0.29) is 0 Å². The van der Waals surface area contributed by atoms with Crippen molar-refractivity contribution in [3.63, 3.8) is 0 Å². The fourth-order valence-corrected chi connectivity index (χ4v) is 13.3. The summed E-state index contributed by atoms with van der Waals surface area (Å²) in [5, 5.41) is 14.2. The molecule has 0 fully saturated rings. The molecule has 0 saturated carbocycles. The Kier molecular flexibility index (Phi) is 12.5. The normalized spacial score (nSPS) is 11.2. The van der Waals surface area contributed by atoms with Crippen molar-refractivity contribution in [3.05, 3.63) is 204 Å². The van der Waals surface area contributed by atoms with Crippen LogP contribution in [0.4, 0.5) is 0 Å². The summed E-state index contributed by atoms with van der Waals surface area (Å²) in [4.78, 5) is 0. The molecule has 54 heavy (non-hydrogen) atoms. The number of hydrogen-bond acceptors (Lipinski definition) is 0. The molecule has 2 heteroatoms. The van der Waals surface area contributed by atoms with Crippen LogP contribution in [0.15, 0.2) is 182 Å². The van der Waals surface area contributed by atoms with Gasteiger partial charge in [0.2, 0.25) is 0 Å². The maximum atomic E-state index is 2.38. The van der Waals surface area contributed by atoms with Crippen molar-refractivity contribution in [1.82, 2.24) is 0 Å². The van der Waals surface area contributed by atoms with Crippen LogP contribution in [0.5, 0.6) is 0 Å². The van der Waals surface area contributed by atoms with E-state index in [0.717, 1.165) is 12.8 Å². The predicted octanol–water partition coefficient (Wildman–Crippen LogP) is 11.7. The summed E-state index contributed by atoms with van der Waals surface area (Å²) in [6.45, 7) is 9.02. The van der Waals surface area contributed by atoms with Gasteiger partial charge in [-0.25, -0.2) is 0 Å². The molecule has 0 bridgehead atoms. The van der Waals surface area contributed by atoms with Crippen molar-refractivity contribution in [3.8, 4) is 0 Å². The fourth-order valence-electron chi connectivity index (χ4n) is 7.63. The standard InChI is InChI=1S/C28H29P.C24H21P/c1-3-12-23-15-6-9-19-26(23)29(27-20-10-7-16-24(27)13-4-2)28-21-11-17-22-14-5-8-18-25(22)28;1-18-10-3-7-15-22(18)25(23-16-8-4-11-19(23)2)24-17-9-13-20-12-5-6-14-21(20)24/h5-11,14-21H,3-4,12-13H2,1-2H3;3-17H,1-2H3. The highest BCUT2D eigenvalue weighted by atomic mass is 31.1. The summed E-state index contributed by atoms with van der Waals surface area (Å²) >= 11 is 0. The highest BCUT2D eigenvalue weighted by molar-refractivity contribution is 7.80. The number of benzene rings is 8. The minimum absolute atomic E-state index is 0.587. The van der Waals surface area contributed by atoms with Crippen LogP contribution < -0.4 is 31.8 Å². The highest BCUT2D eigenvalue weighted by Gasteiger charge is 2.24. The molecule has 0 aliphatic rings. The molecule has 0 aliphatic carbocycles. The zero-order valence-electron chi connectivity index (χ0n) is 32.0. The van der Waals surface area contributed by atoms with E-state index >= 15 is 0 Å². The van der Waals surface area contributed by atoms with Crippen LogP contribution >= 0.6 is 15.8 Å². The molecule has 0 N–H and O–H groups in total. The third-order valence-electron chi connectivity index (χ3n) is 10.2. The second kappa shape index (κ2) is 18.0.